The van der Waals surface area contributed by atoms with E-state index >= 15 is 0 Å². The lowest BCUT2D eigenvalue weighted by Crippen LogP contribution is -2.60. The molecule has 2 bridgehead atoms. The number of hydrazine groups is 1. The van der Waals surface area contributed by atoms with Crippen LogP contribution in [0.15, 0.2) is 30.3 Å². The Morgan fingerprint density at radius 2 is 1.80 bits per heavy atom. The van der Waals surface area contributed by atoms with Crippen LogP contribution in [0.25, 0.3) is 0 Å². The number of hydrogen-bond acceptors (Lipinski definition) is 5. The first kappa shape index (κ1) is 19.2. The maximum absolute atomic E-state index is 12.7. The summed E-state index contributed by atoms with van der Waals surface area (Å²) >= 11 is 0. The van der Waals surface area contributed by atoms with Gasteiger partial charge in [-0.05, 0) is 31.4 Å². The number of benzene rings is 1. The zero-order valence-corrected chi connectivity index (χ0v) is 14.1. The molecule has 3 rings (SSSR count). The molecular formula is C16H20ClN3O5. The van der Waals surface area contributed by atoms with Crippen molar-refractivity contribution in [2.75, 3.05) is 0 Å². The lowest BCUT2D eigenvalue weighted by atomic mass is 9.87. The normalized spacial score (nSPS) is 27.4. The minimum atomic E-state index is -1.15. The first-order valence-corrected chi connectivity index (χ1v) is 7.79. The van der Waals surface area contributed by atoms with Gasteiger partial charge in [0.25, 0.3) is 5.91 Å². The van der Waals surface area contributed by atoms with Gasteiger partial charge in [-0.15, -0.1) is 12.4 Å². The molecule has 2 aliphatic heterocycles. The number of aliphatic carboxylic acids is 1. The quantitative estimate of drug-likeness (QED) is 0.403. The molecule has 9 heteroatoms. The summed E-state index contributed by atoms with van der Waals surface area (Å²) in [7, 11) is 0. The number of carbonyl (C=O) groups excluding carboxylic acids is 2. The van der Waals surface area contributed by atoms with Gasteiger partial charge in [0.1, 0.15) is 5.92 Å². The summed E-state index contributed by atoms with van der Waals surface area (Å²) in [6.45, 7) is 0. The number of aliphatic hydroxyl groups excluding tert-OH is 1. The van der Waals surface area contributed by atoms with Gasteiger partial charge in [-0.1, -0.05) is 18.2 Å². The smallest absolute Gasteiger partial charge is 0.342 e. The zero-order chi connectivity index (χ0) is 17.4. The maximum atomic E-state index is 12.7. The number of hydrogen-bond donors (Lipinski definition) is 3. The molecule has 2 heterocycles. The molecule has 25 heavy (non-hydrogen) atoms. The highest BCUT2D eigenvalue weighted by Gasteiger charge is 2.52. The van der Waals surface area contributed by atoms with E-state index in [1.165, 1.54) is 4.90 Å². The number of amides is 3. The largest absolute Gasteiger partial charge is 0.481 e. The van der Waals surface area contributed by atoms with E-state index in [4.69, 9.17) is 5.84 Å². The van der Waals surface area contributed by atoms with Crippen LogP contribution >= 0.6 is 12.4 Å². The fourth-order valence-corrected chi connectivity index (χ4v) is 3.74. The van der Waals surface area contributed by atoms with Gasteiger partial charge in [-0.3, -0.25) is 9.59 Å². The number of rotatable bonds is 2. The van der Waals surface area contributed by atoms with Crippen LogP contribution in [0, 0.1) is 5.92 Å². The second-order valence-electron chi connectivity index (χ2n) is 6.20. The Balaban J connectivity index is 0.00000225. The number of nitrogens with zero attached hydrogens (tertiary/aromatic N) is 2. The zero-order valence-electron chi connectivity index (χ0n) is 13.3. The van der Waals surface area contributed by atoms with Crippen molar-refractivity contribution in [2.45, 2.75) is 37.5 Å². The van der Waals surface area contributed by atoms with E-state index in [0.29, 0.717) is 17.9 Å². The summed E-state index contributed by atoms with van der Waals surface area (Å²) in [5.41, 5.74) is 0.271. The Morgan fingerprint density at radius 3 is 2.40 bits per heavy atom. The average Bonchev–Trinajstić information content (AvgIpc) is 2.88. The molecule has 0 saturated carbocycles. The molecule has 2 aliphatic rings. The number of halogens is 1. The van der Waals surface area contributed by atoms with E-state index in [0.717, 1.165) is 0 Å². The molecule has 2 fully saturated rings. The summed E-state index contributed by atoms with van der Waals surface area (Å²) in [6, 6.07) is 6.47. The molecule has 4 atom stereocenters. The topological polar surface area (TPSA) is 124 Å². The van der Waals surface area contributed by atoms with E-state index in [1.807, 2.05) is 0 Å². The van der Waals surface area contributed by atoms with Crippen LogP contribution in [0.4, 0.5) is 4.79 Å². The predicted octanol–water partition coefficient (Wildman–Crippen LogP) is 0.843. The summed E-state index contributed by atoms with van der Waals surface area (Å²) in [5, 5.41) is 19.9. The Labute approximate surface area is 150 Å². The molecule has 0 radical (unpaired) electrons. The molecule has 1 aromatic rings. The minimum Gasteiger partial charge on any atom is -0.481 e. The van der Waals surface area contributed by atoms with Gasteiger partial charge in [-0.2, -0.15) is 5.01 Å². The molecule has 2 saturated heterocycles. The summed E-state index contributed by atoms with van der Waals surface area (Å²) < 4.78 is 0. The highest BCUT2D eigenvalue weighted by Crippen LogP contribution is 2.40. The van der Waals surface area contributed by atoms with Crippen molar-refractivity contribution in [3.63, 3.8) is 0 Å². The monoisotopic (exact) mass is 369 g/mol. The van der Waals surface area contributed by atoms with Crippen LogP contribution < -0.4 is 5.84 Å². The van der Waals surface area contributed by atoms with Crippen molar-refractivity contribution in [2.24, 2.45) is 11.8 Å². The van der Waals surface area contributed by atoms with E-state index in [2.05, 4.69) is 0 Å². The number of carboxylic acid groups (broad SMARTS) is 1. The van der Waals surface area contributed by atoms with Crippen LogP contribution in [0.1, 0.15) is 29.6 Å². The SMILES string of the molecule is Cl.NN(C(=O)c1ccccc1)C(=O)N1[C@H]2CC[C@@H]1[C@@H](C(=O)O)[C@@H](O)C2. The molecule has 1 aromatic carbocycles. The lowest BCUT2D eigenvalue weighted by Gasteiger charge is -2.41. The molecule has 3 amide bonds. The van der Waals surface area contributed by atoms with Crippen LogP contribution in [-0.2, 0) is 4.79 Å². The first-order chi connectivity index (χ1) is 11.4. The van der Waals surface area contributed by atoms with E-state index in [9.17, 15) is 24.6 Å². The third kappa shape index (κ3) is 3.33. The third-order valence-electron chi connectivity index (χ3n) is 4.84. The molecular weight excluding hydrogens is 350 g/mol. The fourth-order valence-electron chi connectivity index (χ4n) is 3.74. The number of carboxylic acids is 1. The molecule has 0 aliphatic carbocycles. The van der Waals surface area contributed by atoms with Crippen molar-refractivity contribution in [1.82, 2.24) is 9.91 Å². The van der Waals surface area contributed by atoms with Crippen molar-refractivity contribution in [3.05, 3.63) is 35.9 Å². The van der Waals surface area contributed by atoms with Gasteiger partial charge >= 0.3 is 12.0 Å². The number of piperidine rings is 1. The number of carbonyl (C=O) groups is 3. The minimum absolute atomic E-state index is 0. The summed E-state index contributed by atoms with van der Waals surface area (Å²) in [6.07, 6.45) is 0.231. The molecule has 0 spiro atoms. The third-order valence-corrected chi connectivity index (χ3v) is 4.84. The Kier molecular flexibility index (Phi) is 5.66. The van der Waals surface area contributed by atoms with E-state index in [-0.39, 0.29) is 30.4 Å². The first-order valence-electron chi connectivity index (χ1n) is 7.79. The van der Waals surface area contributed by atoms with Gasteiger partial charge in [0, 0.05) is 17.6 Å². The van der Waals surface area contributed by atoms with Gasteiger partial charge in [-0.25, -0.2) is 10.6 Å². The summed E-state index contributed by atoms with van der Waals surface area (Å²) in [4.78, 5) is 37.8. The number of aliphatic hydroxyl groups is 1. The Bertz CT molecular complexity index is 671. The van der Waals surface area contributed by atoms with E-state index < -0.39 is 36.0 Å². The van der Waals surface area contributed by atoms with Crippen molar-refractivity contribution in [3.8, 4) is 0 Å². The maximum Gasteiger partial charge on any atom is 0.342 e. The lowest BCUT2D eigenvalue weighted by molar-refractivity contribution is -0.151. The van der Waals surface area contributed by atoms with Crippen LogP contribution in [0.2, 0.25) is 0 Å². The van der Waals surface area contributed by atoms with Crippen molar-refractivity contribution >= 4 is 30.3 Å². The molecule has 136 valence electrons. The van der Waals surface area contributed by atoms with Crippen LogP contribution in [-0.4, -0.2) is 56.2 Å². The van der Waals surface area contributed by atoms with Crippen molar-refractivity contribution in [1.29, 1.82) is 0 Å². The fraction of sp³-hybridized carbons (Fsp3) is 0.438. The van der Waals surface area contributed by atoms with Crippen LogP contribution in [0.3, 0.4) is 0 Å². The van der Waals surface area contributed by atoms with Crippen LogP contribution in [0.5, 0.6) is 0 Å². The predicted molar refractivity (Wildman–Crippen MR) is 89.8 cm³/mol. The standard InChI is InChI=1S/C16H19N3O5.ClH/c17-19(14(21)9-4-2-1-3-5-9)16(24)18-10-6-7-11(18)13(15(22)23)12(20)8-10;/h1-5,10-13,20H,6-8,17H2,(H,22,23);1H/t10-,11+,12-,13+;/m0./s1. The Hall–Kier alpha value is -2.16. The number of imide groups is 1. The average molecular weight is 370 g/mol. The molecule has 0 unspecified atom stereocenters. The van der Waals surface area contributed by atoms with Gasteiger partial charge in [0.2, 0.25) is 0 Å². The highest BCUT2D eigenvalue weighted by molar-refractivity contribution is 6.03. The molecule has 0 aromatic heterocycles. The van der Waals surface area contributed by atoms with Gasteiger partial charge in [0.15, 0.2) is 0 Å². The highest BCUT2D eigenvalue weighted by atomic mass is 35.5. The van der Waals surface area contributed by atoms with Crippen molar-refractivity contribution < 1.29 is 24.6 Å². The number of fused-ring (bicyclic) bond motifs is 2. The van der Waals surface area contributed by atoms with Gasteiger partial charge in [0.05, 0.1) is 6.10 Å². The van der Waals surface area contributed by atoms with Gasteiger partial charge < -0.3 is 15.1 Å². The number of urea groups is 1. The molecule has 4 N–H and O–H groups in total. The summed E-state index contributed by atoms with van der Waals surface area (Å²) in [5.74, 6) is 2.85. The second-order valence-corrected chi connectivity index (χ2v) is 6.20. The number of nitrogens with two attached hydrogens (primary N) is 1. The second kappa shape index (κ2) is 7.38. The molecule has 8 nitrogen and oxygen atoms in total. The Morgan fingerprint density at radius 1 is 1.16 bits per heavy atom. The van der Waals surface area contributed by atoms with E-state index in [1.54, 1.807) is 30.3 Å².